The fourth-order valence-corrected chi connectivity index (χ4v) is 8.67. The van der Waals surface area contributed by atoms with Crippen molar-refractivity contribution in [3.8, 4) is 0 Å². The van der Waals surface area contributed by atoms with Gasteiger partial charge >= 0.3 is 12.4 Å². The summed E-state index contributed by atoms with van der Waals surface area (Å²) in [4.78, 5) is 13.4. The summed E-state index contributed by atoms with van der Waals surface area (Å²) in [5, 5.41) is 10.1. The maximum Gasteiger partial charge on any atom is 0.431 e. The van der Waals surface area contributed by atoms with Crippen LogP contribution in [0.4, 0.5) is 30.7 Å². The molecular weight excluding hydrogens is 489 g/mol. The van der Waals surface area contributed by atoms with Gasteiger partial charge in [0.1, 0.15) is 0 Å². The molecule has 3 fully saturated rings. The molecule has 0 unspecified atom stereocenters. The van der Waals surface area contributed by atoms with Gasteiger partial charge in [-0.25, -0.2) is 4.39 Å². The number of fused-ring (bicyclic) bond motifs is 5. The van der Waals surface area contributed by atoms with Crippen molar-refractivity contribution in [1.29, 1.82) is 0 Å². The summed E-state index contributed by atoms with van der Waals surface area (Å²) in [5.74, 6) is 0.154. The van der Waals surface area contributed by atoms with E-state index in [1.165, 1.54) is 0 Å². The number of rotatable bonds is 5. The van der Waals surface area contributed by atoms with Gasteiger partial charge in [0.05, 0.1) is 6.10 Å². The van der Waals surface area contributed by atoms with Crippen molar-refractivity contribution in [1.82, 2.24) is 0 Å². The van der Waals surface area contributed by atoms with E-state index in [9.17, 15) is 40.6 Å². The molecule has 0 aromatic heterocycles. The fourth-order valence-electron chi connectivity index (χ4n) is 8.67. The topological polar surface area (TPSA) is 37.3 Å². The quantitative estimate of drug-likeness (QED) is 0.372. The lowest BCUT2D eigenvalue weighted by atomic mass is 9.46. The number of aliphatic hydroxyl groups is 1. The van der Waals surface area contributed by atoms with Gasteiger partial charge in [-0.1, -0.05) is 32.8 Å². The van der Waals surface area contributed by atoms with E-state index in [1.807, 2.05) is 6.92 Å². The summed E-state index contributed by atoms with van der Waals surface area (Å²) in [6.45, 7) is 6.18. The Hall–Kier alpha value is -1.12. The van der Waals surface area contributed by atoms with Crippen molar-refractivity contribution >= 4 is 5.78 Å². The van der Waals surface area contributed by atoms with Crippen LogP contribution >= 0.6 is 0 Å². The highest BCUT2D eigenvalue weighted by Crippen LogP contribution is 2.66. The molecule has 1 N–H and O–H groups in total. The molecule has 0 bridgehead atoms. The first-order valence-corrected chi connectivity index (χ1v) is 13.2. The van der Waals surface area contributed by atoms with Crippen molar-refractivity contribution in [2.75, 3.05) is 0 Å². The van der Waals surface area contributed by atoms with E-state index in [0.717, 1.165) is 37.7 Å². The summed E-state index contributed by atoms with van der Waals surface area (Å²) >= 11 is 0. The molecule has 0 spiro atoms. The van der Waals surface area contributed by atoms with Crippen LogP contribution in [0.5, 0.6) is 0 Å². The van der Waals surface area contributed by atoms with Crippen molar-refractivity contribution in [2.24, 2.45) is 40.4 Å². The Morgan fingerprint density at radius 1 is 0.972 bits per heavy atom. The van der Waals surface area contributed by atoms with Crippen LogP contribution in [0.1, 0.15) is 85.0 Å². The first kappa shape index (κ1) is 27.9. The van der Waals surface area contributed by atoms with Gasteiger partial charge in [0.15, 0.2) is 5.78 Å². The van der Waals surface area contributed by atoms with Crippen LogP contribution in [0.3, 0.4) is 0 Å². The molecule has 2 nitrogen and oxygen atoms in total. The van der Waals surface area contributed by atoms with E-state index in [-0.39, 0.29) is 52.6 Å². The molecule has 0 saturated heterocycles. The molecule has 0 radical (unpaired) electrons. The van der Waals surface area contributed by atoms with Gasteiger partial charge in [0.2, 0.25) is 0 Å². The monoisotopic (exact) mass is 526 g/mol. The lowest BCUT2D eigenvalue weighted by Gasteiger charge is -2.57. The molecule has 0 amide bonds. The van der Waals surface area contributed by atoms with E-state index < -0.39 is 37.0 Å². The van der Waals surface area contributed by atoms with Gasteiger partial charge < -0.3 is 5.11 Å². The van der Waals surface area contributed by atoms with Gasteiger partial charge in [-0.3, -0.25) is 4.79 Å². The fraction of sp³-hybridized carbons (Fsp3) is 0.889. The number of ketones is 1. The molecule has 9 heteroatoms. The van der Waals surface area contributed by atoms with Gasteiger partial charge in [0.25, 0.3) is 5.67 Å². The van der Waals surface area contributed by atoms with Crippen LogP contribution < -0.4 is 0 Å². The van der Waals surface area contributed by atoms with E-state index in [1.54, 1.807) is 6.08 Å². The van der Waals surface area contributed by atoms with Crippen molar-refractivity contribution in [2.45, 2.75) is 109 Å². The minimum atomic E-state index is -6.00. The summed E-state index contributed by atoms with van der Waals surface area (Å²) in [6, 6.07) is 0. The molecule has 8 atom stereocenters. The van der Waals surface area contributed by atoms with Crippen molar-refractivity contribution < 1.29 is 40.6 Å². The Labute approximate surface area is 208 Å². The third-order valence-electron chi connectivity index (χ3n) is 10.8. The Morgan fingerprint density at radius 3 is 2.22 bits per heavy atom. The molecule has 4 aliphatic rings. The summed E-state index contributed by atoms with van der Waals surface area (Å²) in [5.41, 5.74) is -4.50. The van der Waals surface area contributed by atoms with Gasteiger partial charge in [-0.05, 0) is 98.4 Å². The maximum atomic E-state index is 14.1. The highest BCUT2D eigenvalue weighted by molar-refractivity contribution is 5.94. The first-order valence-electron chi connectivity index (χ1n) is 13.2. The molecular formula is C27H37F7O2. The lowest BCUT2D eigenvalue weighted by Crippen LogP contribution is -2.54. The van der Waals surface area contributed by atoms with E-state index in [2.05, 4.69) is 13.8 Å². The standard InChI is InChI=1S/C27H37F7O2/c1-15(5-4-10-25(28,26(29,30)31)27(32,33)34)18-6-7-19-22-20(9-12-24(18,19)3)23(2)11-8-17(35)13-16(23)14-21(22)36/h14-15,17-20,22,35H,4-13H2,1-3H3/t15-,17+,18-,19+,20+,22+,23+,24-/m1/s1. The van der Waals surface area contributed by atoms with Crippen LogP contribution in [0.25, 0.3) is 0 Å². The lowest BCUT2D eigenvalue weighted by molar-refractivity contribution is -0.343. The summed E-state index contributed by atoms with van der Waals surface area (Å²) < 4.78 is 91.7. The predicted molar refractivity (Wildman–Crippen MR) is 121 cm³/mol. The Morgan fingerprint density at radius 2 is 1.61 bits per heavy atom. The number of aliphatic hydroxyl groups excluding tert-OH is 1. The summed E-state index contributed by atoms with van der Waals surface area (Å²) in [7, 11) is 0. The number of carbonyl (C=O) groups is 1. The number of allylic oxidation sites excluding steroid dienone is 1. The van der Waals surface area contributed by atoms with E-state index in [0.29, 0.717) is 12.8 Å². The zero-order valence-corrected chi connectivity index (χ0v) is 21.1. The van der Waals surface area contributed by atoms with Crippen LogP contribution in [-0.2, 0) is 4.79 Å². The minimum absolute atomic E-state index is 0.0633. The Balaban J connectivity index is 1.47. The zero-order valence-electron chi connectivity index (χ0n) is 21.1. The number of carbonyl (C=O) groups excluding carboxylic acids is 1. The van der Waals surface area contributed by atoms with Gasteiger partial charge in [-0.15, -0.1) is 0 Å². The second-order valence-corrected chi connectivity index (χ2v) is 12.5. The van der Waals surface area contributed by atoms with Crippen LogP contribution in [0, 0.1) is 40.4 Å². The van der Waals surface area contributed by atoms with Crippen LogP contribution in [0.15, 0.2) is 11.6 Å². The molecule has 4 rings (SSSR count). The second kappa shape index (κ2) is 8.98. The average Bonchev–Trinajstić information content (AvgIpc) is 3.10. The van der Waals surface area contributed by atoms with Crippen LogP contribution in [0.2, 0.25) is 0 Å². The first-order chi connectivity index (χ1) is 16.5. The van der Waals surface area contributed by atoms with Crippen molar-refractivity contribution in [3.05, 3.63) is 11.6 Å². The molecule has 0 aliphatic heterocycles. The Kier molecular flexibility index (Phi) is 6.96. The highest BCUT2D eigenvalue weighted by atomic mass is 19.4. The smallest absolute Gasteiger partial charge is 0.393 e. The number of alkyl halides is 7. The van der Waals surface area contributed by atoms with Gasteiger partial charge in [0, 0.05) is 5.92 Å². The molecule has 0 aromatic rings. The molecule has 36 heavy (non-hydrogen) atoms. The van der Waals surface area contributed by atoms with Crippen molar-refractivity contribution in [3.63, 3.8) is 0 Å². The normalized spacial score (nSPS) is 40.2. The highest BCUT2D eigenvalue weighted by Gasteiger charge is 2.71. The molecule has 0 heterocycles. The second-order valence-electron chi connectivity index (χ2n) is 12.5. The third-order valence-corrected chi connectivity index (χ3v) is 10.8. The molecule has 0 aromatic carbocycles. The third kappa shape index (κ3) is 4.23. The number of hydrogen-bond donors (Lipinski definition) is 1. The minimum Gasteiger partial charge on any atom is -0.393 e. The van der Waals surface area contributed by atoms with Gasteiger partial charge in [-0.2, -0.15) is 26.3 Å². The zero-order chi connectivity index (χ0) is 26.9. The molecule has 4 aliphatic carbocycles. The number of hydrogen-bond acceptors (Lipinski definition) is 2. The largest absolute Gasteiger partial charge is 0.431 e. The molecule has 206 valence electrons. The Bertz CT molecular complexity index is 880. The van der Waals surface area contributed by atoms with E-state index >= 15 is 0 Å². The predicted octanol–water partition coefficient (Wildman–Crippen LogP) is 7.74. The summed E-state index contributed by atoms with van der Waals surface area (Å²) in [6.07, 6.45) is -7.40. The average molecular weight is 527 g/mol. The molecule has 3 saturated carbocycles. The number of halogens is 7. The van der Waals surface area contributed by atoms with Crippen LogP contribution in [-0.4, -0.2) is 35.0 Å². The SMILES string of the molecule is C[C@H](CCCC(F)(C(F)(F)F)C(F)(F)F)[C@H]1CC[C@H]2[C@@H]3C(=O)C=C4C[C@@H](O)CC[C@]4(C)[C@H]3CC[C@]12C. The maximum absolute atomic E-state index is 14.1. The van der Waals surface area contributed by atoms with E-state index in [4.69, 9.17) is 0 Å².